The van der Waals surface area contributed by atoms with Gasteiger partial charge < -0.3 is 5.73 Å². The molecule has 0 saturated carbocycles. The highest BCUT2D eigenvalue weighted by atomic mass is 32.2. The van der Waals surface area contributed by atoms with E-state index in [2.05, 4.69) is 16.9 Å². The molecule has 0 radical (unpaired) electrons. The van der Waals surface area contributed by atoms with Crippen molar-refractivity contribution in [1.82, 2.24) is 9.97 Å². The SMILES string of the molecule is CCSc1cc(CN)nc(C)n1. The number of rotatable bonds is 3. The van der Waals surface area contributed by atoms with Crippen LogP contribution in [0.1, 0.15) is 18.4 Å². The van der Waals surface area contributed by atoms with Gasteiger partial charge in [0.05, 0.1) is 10.7 Å². The van der Waals surface area contributed by atoms with Gasteiger partial charge in [-0.25, -0.2) is 9.97 Å². The lowest BCUT2D eigenvalue weighted by Gasteiger charge is -2.01. The Hall–Kier alpha value is -0.610. The number of aryl methyl sites for hydroxylation is 1. The van der Waals surface area contributed by atoms with E-state index in [0.29, 0.717) is 6.54 Å². The Balaban J connectivity index is 2.90. The first-order chi connectivity index (χ1) is 5.76. The third-order valence-corrected chi connectivity index (χ3v) is 2.16. The minimum Gasteiger partial charge on any atom is -0.325 e. The molecule has 66 valence electrons. The number of hydrogen-bond acceptors (Lipinski definition) is 4. The fraction of sp³-hybridized carbons (Fsp3) is 0.500. The van der Waals surface area contributed by atoms with Gasteiger partial charge in [-0.05, 0) is 18.7 Å². The Kier molecular flexibility index (Phi) is 3.49. The zero-order valence-electron chi connectivity index (χ0n) is 7.37. The Morgan fingerprint density at radius 2 is 2.25 bits per heavy atom. The molecule has 0 fully saturated rings. The summed E-state index contributed by atoms with van der Waals surface area (Å²) in [6.07, 6.45) is 0. The molecule has 4 heteroatoms. The van der Waals surface area contributed by atoms with Gasteiger partial charge in [0.25, 0.3) is 0 Å². The van der Waals surface area contributed by atoms with Gasteiger partial charge in [-0.1, -0.05) is 6.92 Å². The summed E-state index contributed by atoms with van der Waals surface area (Å²) >= 11 is 1.71. The minimum atomic E-state index is 0.487. The Morgan fingerprint density at radius 3 is 2.83 bits per heavy atom. The van der Waals surface area contributed by atoms with Gasteiger partial charge in [0.15, 0.2) is 0 Å². The standard InChI is InChI=1S/C8H13N3S/c1-3-12-8-4-7(5-9)10-6(2)11-8/h4H,3,5,9H2,1-2H3. The van der Waals surface area contributed by atoms with Crippen LogP contribution < -0.4 is 5.73 Å². The number of hydrogen-bond donors (Lipinski definition) is 1. The van der Waals surface area contributed by atoms with Gasteiger partial charge in [0.1, 0.15) is 5.82 Å². The molecule has 0 spiro atoms. The molecule has 0 unspecified atom stereocenters. The summed E-state index contributed by atoms with van der Waals surface area (Å²) in [5.41, 5.74) is 6.40. The van der Waals surface area contributed by atoms with Crippen LogP contribution in [0.15, 0.2) is 11.1 Å². The average Bonchev–Trinajstić information content (AvgIpc) is 2.04. The third kappa shape index (κ3) is 2.46. The molecule has 1 aromatic heterocycles. The number of thioether (sulfide) groups is 1. The Labute approximate surface area is 76.8 Å². The monoisotopic (exact) mass is 183 g/mol. The van der Waals surface area contributed by atoms with E-state index in [4.69, 9.17) is 5.73 Å². The van der Waals surface area contributed by atoms with E-state index < -0.39 is 0 Å². The van der Waals surface area contributed by atoms with Gasteiger partial charge in [-0.15, -0.1) is 11.8 Å². The fourth-order valence-electron chi connectivity index (χ4n) is 0.926. The van der Waals surface area contributed by atoms with E-state index in [0.717, 1.165) is 22.3 Å². The highest BCUT2D eigenvalue weighted by Crippen LogP contribution is 2.15. The maximum atomic E-state index is 5.48. The zero-order valence-corrected chi connectivity index (χ0v) is 8.19. The summed E-state index contributed by atoms with van der Waals surface area (Å²) in [6, 6.07) is 1.95. The van der Waals surface area contributed by atoms with E-state index in [9.17, 15) is 0 Å². The molecule has 3 nitrogen and oxygen atoms in total. The fourth-order valence-corrected chi connectivity index (χ4v) is 1.64. The van der Waals surface area contributed by atoms with Gasteiger partial charge in [-0.2, -0.15) is 0 Å². The molecule has 0 aliphatic heterocycles. The second-order valence-corrected chi connectivity index (χ2v) is 3.67. The van der Waals surface area contributed by atoms with Crippen LogP contribution in [0.3, 0.4) is 0 Å². The van der Waals surface area contributed by atoms with Crippen LogP contribution in [0, 0.1) is 6.92 Å². The molecule has 0 aromatic carbocycles. The van der Waals surface area contributed by atoms with Crippen LogP contribution in [0.25, 0.3) is 0 Å². The van der Waals surface area contributed by atoms with Crippen LogP contribution >= 0.6 is 11.8 Å². The maximum Gasteiger partial charge on any atom is 0.126 e. The molecule has 1 aromatic rings. The number of nitrogens with two attached hydrogens (primary N) is 1. The van der Waals surface area contributed by atoms with E-state index in [1.807, 2.05) is 13.0 Å². The highest BCUT2D eigenvalue weighted by Gasteiger charge is 1.99. The predicted molar refractivity (Wildman–Crippen MR) is 51.1 cm³/mol. The first kappa shape index (κ1) is 9.48. The summed E-state index contributed by atoms with van der Waals surface area (Å²) in [6.45, 7) is 4.48. The largest absolute Gasteiger partial charge is 0.325 e. The van der Waals surface area contributed by atoms with E-state index in [1.54, 1.807) is 11.8 Å². The van der Waals surface area contributed by atoms with Crippen LogP contribution in [-0.4, -0.2) is 15.7 Å². The van der Waals surface area contributed by atoms with Crippen molar-refractivity contribution in [3.8, 4) is 0 Å². The van der Waals surface area contributed by atoms with Crippen LogP contribution in [0.5, 0.6) is 0 Å². The van der Waals surface area contributed by atoms with Crippen molar-refractivity contribution in [2.24, 2.45) is 5.73 Å². The predicted octanol–water partition coefficient (Wildman–Crippen LogP) is 1.36. The third-order valence-electron chi connectivity index (χ3n) is 1.37. The number of aromatic nitrogens is 2. The van der Waals surface area contributed by atoms with Crippen molar-refractivity contribution in [3.05, 3.63) is 17.6 Å². The molecule has 0 aliphatic carbocycles. The zero-order chi connectivity index (χ0) is 8.97. The topological polar surface area (TPSA) is 51.8 Å². The van der Waals surface area contributed by atoms with Crippen molar-refractivity contribution in [2.75, 3.05) is 5.75 Å². The second-order valence-electron chi connectivity index (χ2n) is 2.38. The summed E-state index contributed by atoms with van der Waals surface area (Å²) in [4.78, 5) is 8.45. The molecular formula is C8H13N3S. The minimum absolute atomic E-state index is 0.487. The lowest BCUT2D eigenvalue weighted by atomic mass is 10.4. The van der Waals surface area contributed by atoms with Crippen molar-refractivity contribution in [3.63, 3.8) is 0 Å². The molecule has 0 amide bonds. The number of nitrogens with zero attached hydrogens (tertiary/aromatic N) is 2. The van der Waals surface area contributed by atoms with Crippen LogP contribution in [0.4, 0.5) is 0 Å². The van der Waals surface area contributed by atoms with E-state index >= 15 is 0 Å². The normalized spacial score (nSPS) is 10.2. The van der Waals surface area contributed by atoms with Gasteiger partial charge in [0, 0.05) is 6.54 Å². The van der Waals surface area contributed by atoms with Crippen molar-refractivity contribution in [1.29, 1.82) is 0 Å². The van der Waals surface area contributed by atoms with Crippen molar-refractivity contribution in [2.45, 2.75) is 25.4 Å². The molecule has 12 heavy (non-hydrogen) atoms. The maximum absolute atomic E-state index is 5.48. The first-order valence-electron chi connectivity index (χ1n) is 3.93. The molecule has 1 rings (SSSR count). The van der Waals surface area contributed by atoms with Crippen molar-refractivity contribution >= 4 is 11.8 Å². The average molecular weight is 183 g/mol. The van der Waals surface area contributed by atoms with E-state index in [-0.39, 0.29) is 0 Å². The van der Waals surface area contributed by atoms with Gasteiger partial charge >= 0.3 is 0 Å². The van der Waals surface area contributed by atoms with Crippen molar-refractivity contribution < 1.29 is 0 Å². The summed E-state index contributed by atoms with van der Waals surface area (Å²) in [5, 5.41) is 1.02. The lowest BCUT2D eigenvalue weighted by Crippen LogP contribution is -2.02. The quantitative estimate of drug-likeness (QED) is 0.568. The summed E-state index contributed by atoms with van der Waals surface area (Å²) in [5.74, 6) is 1.83. The van der Waals surface area contributed by atoms with E-state index in [1.165, 1.54) is 0 Å². The molecule has 2 N–H and O–H groups in total. The van der Waals surface area contributed by atoms with Crippen LogP contribution in [-0.2, 0) is 6.54 Å². The molecule has 1 heterocycles. The summed E-state index contributed by atoms with van der Waals surface area (Å²) in [7, 11) is 0. The second kappa shape index (κ2) is 4.42. The molecule has 0 bridgehead atoms. The molecule has 0 aliphatic rings. The Morgan fingerprint density at radius 1 is 1.50 bits per heavy atom. The molecule has 0 atom stereocenters. The molecule has 0 saturated heterocycles. The van der Waals surface area contributed by atoms with Gasteiger partial charge in [-0.3, -0.25) is 0 Å². The molecular weight excluding hydrogens is 170 g/mol. The lowest BCUT2D eigenvalue weighted by molar-refractivity contribution is 0.881. The first-order valence-corrected chi connectivity index (χ1v) is 4.92. The summed E-state index contributed by atoms with van der Waals surface area (Å²) < 4.78 is 0. The Bertz CT molecular complexity index is 262. The van der Waals surface area contributed by atoms with Gasteiger partial charge in [0.2, 0.25) is 0 Å². The highest BCUT2D eigenvalue weighted by molar-refractivity contribution is 7.99. The van der Waals surface area contributed by atoms with Crippen LogP contribution in [0.2, 0.25) is 0 Å². The smallest absolute Gasteiger partial charge is 0.126 e.